The molecule has 0 heterocycles. The Morgan fingerprint density at radius 1 is 1.55 bits per heavy atom. The minimum atomic E-state index is -1.72. The summed E-state index contributed by atoms with van der Waals surface area (Å²) in [6.45, 7) is 7.31. The molecule has 0 aliphatic heterocycles. The molecular weight excluding hydrogens is 158 g/mol. The van der Waals surface area contributed by atoms with Crippen LogP contribution in [-0.4, -0.2) is 25.6 Å². The van der Waals surface area contributed by atoms with Gasteiger partial charge in [-0.2, -0.15) is 5.26 Å². The van der Waals surface area contributed by atoms with Crippen LogP contribution in [0.15, 0.2) is 0 Å². The lowest BCUT2D eigenvalue weighted by molar-refractivity contribution is 0.0658. The second-order valence-corrected chi connectivity index (χ2v) is 8.14. The number of nitrogens with zero attached hydrogens (tertiary/aromatic N) is 1. The average molecular weight is 173 g/mol. The van der Waals surface area contributed by atoms with E-state index < -0.39 is 13.9 Å². The van der Waals surface area contributed by atoms with Crippen molar-refractivity contribution in [2.45, 2.75) is 32.2 Å². The minimum Gasteiger partial charge on any atom is -0.398 e. The lowest BCUT2D eigenvalue weighted by Gasteiger charge is -2.28. The van der Waals surface area contributed by atoms with Crippen LogP contribution in [0, 0.1) is 11.3 Å². The summed E-state index contributed by atoms with van der Waals surface area (Å²) in [6.07, 6.45) is 0. The Hall–Kier alpha value is -0.373. The van der Waals surface area contributed by atoms with Crippen molar-refractivity contribution in [2.75, 3.05) is 6.61 Å². The van der Waals surface area contributed by atoms with Gasteiger partial charge >= 0.3 is 0 Å². The summed E-state index contributed by atoms with van der Waals surface area (Å²) in [5.41, 5.74) is -1.01. The fraction of sp³-hybridized carbons (Fsp3) is 0.857. The molecule has 0 rings (SSSR count). The first-order valence-electron chi connectivity index (χ1n) is 3.55. The zero-order valence-electron chi connectivity index (χ0n) is 7.51. The zero-order chi connectivity index (χ0) is 9.12. The van der Waals surface area contributed by atoms with Crippen LogP contribution in [0.4, 0.5) is 0 Å². The molecule has 1 unspecified atom stereocenters. The highest BCUT2D eigenvalue weighted by Gasteiger charge is 2.30. The number of aliphatic hydroxyl groups is 1. The van der Waals surface area contributed by atoms with Crippen LogP contribution >= 0.6 is 0 Å². The minimum absolute atomic E-state index is 0.242. The molecule has 0 fully saturated rings. The van der Waals surface area contributed by atoms with E-state index in [0.29, 0.717) is 0 Å². The maximum atomic E-state index is 8.82. The topological polar surface area (TPSA) is 53.2 Å². The summed E-state index contributed by atoms with van der Waals surface area (Å²) >= 11 is 0. The predicted molar refractivity (Wildman–Crippen MR) is 45.5 cm³/mol. The van der Waals surface area contributed by atoms with Crippen molar-refractivity contribution < 1.29 is 9.53 Å². The van der Waals surface area contributed by atoms with E-state index >= 15 is 0 Å². The molecule has 0 bridgehead atoms. The Labute approximate surface area is 68.7 Å². The molecule has 0 saturated carbocycles. The van der Waals surface area contributed by atoms with E-state index in [0.717, 1.165) is 0 Å². The highest BCUT2D eigenvalue weighted by Crippen LogP contribution is 2.15. The van der Waals surface area contributed by atoms with Crippen molar-refractivity contribution in [1.29, 1.82) is 5.26 Å². The zero-order valence-corrected chi connectivity index (χ0v) is 8.51. The number of nitriles is 1. The van der Waals surface area contributed by atoms with E-state index in [-0.39, 0.29) is 6.61 Å². The Balaban J connectivity index is 4.23. The average Bonchev–Trinajstić information content (AvgIpc) is 1.84. The first-order valence-corrected chi connectivity index (χ1v) is 6.96. The van der Waals surface area contributed by atoms with Crippen LogP contribution in [0.3, 0.4) is 0 Å². The molecular formula is C7H15NO2Si. The first-order chi connectivity index (χ1) is 4.83. The fourth-order valence-electron chi connectivity index (χ4n) is 0.766. The molecule has 0 amide bonds. The largest absolute Gasteiger partial charge is 0.398 e. The summed E-state index contributed by atoms with van der Waals surface area (Å²) in [6, 6.07) is 1.95. The van der Waals surface area contributed by atoms with Crippen molar-refractivity contribution in [1.82, 2.24) is 0 Å². The normalized spacial score (nSPS) is 17.1. The smallest absolute Gasteiger partial charge is 0.186 e. The summed E-state index contributed by atoms with van der Waals surface area (Å²) < 4.78 is 5.45. The molecule has 0 aromatic rings. The van der Waals surface area contributed by atoms with Crippen molar-refractivity contribution in [2.24, 2.45) is 0 Å². The van der Waals surface area contributed by atoms with Gasteiger partial charge in [0.05, 0.1) is 12.7 Å². The van der Waals surface area contributed by atoms with Crippen LogP contribution < -0.4 is 0 Å². The molecule has 4 heteroatoms. The van der Waals surface area contributed by atoms with Crippen molar-refractivity contribution in [3.63, 3.8) is 0 Å². The van der Waals surface area contributed by atoms with Crippen LogP contribution in [0.2, 0.25) is 19.6 Å². The van der Waals surface area contributed by atoms with Gasteiger partial charge in [0.2, 0.25) is 0 Å². The maximum absolute atomic E-state index is 8.82. The van der Waals surface area contributed by atoms with Crippen LogP contribution in [0.25, 0.3) is 0 Å². The molecule has 0 spiro atoms. The maximum Gasteiger partial charge on any atom is 0.186 e. The van der Waals surface area contributed by atoms with Gasteiger partial charge in [0.15, 0.2) is 13.9 Å². The van der Waals surface area contributed by atoms with E-state index in [1.807, 2.05) is 25.7 Å². The highest BCUT2D eigenvalue weighted by molar-refractivity contribution is 6.69. The van der Waals surface area contributed by atoms with Crippen molar-refractivity contribution in [3.05, 3.63) is 0 Å². The van der Waals surface area contributed by atoms with Crippen molar-refractivity contribution in [3.8, 4) is 6.07 Å². The van der Waals surface area contributed by atoms with Crippen molar-refractivity contribution >= 4 is 8.32 Å². The fourth-order valence-corrected chi connectivity index (χ4v) is 2.23. The molecule has 11 heavy (non-hydrogen) atoms. The van der Waals surface area contributed by atoms with E-state index in [9.17, 15) is 0 Å². The molecule has 0 aliphatic rings. The van der Waals surface area contributed by atoms with Gasteiger partial charge in [0, 0.05) is 0 Å². The molecule has 0 aromatic heterocycles. The van der Waals surface area contributed by atoms with Crippen LogP contribution in [0.5, 0.6) is 0 Å². The summed E-state index contributed by atoms with van der Waals surface area (Å²) in [4.78, 5) is 0. The van der Waals surface area contributed by atoms with Gasteiger partial charge < -0.3 is 9.53 Å². The van der Waals surface area contributed by atoms with Gasteiger partial charge in [-0.1, -0.05) is 0 Å². The van der Waals surface area contributed by atoms with Gasteiger partial charge in [-0.05, 0) is 26.6 Å². The molecule has 0 saturated heterocycles. The third-order valence-corrected chi connectivity index (χ3v) is 2.13. The van der Waals surface area contributed by atoms with Gasteiger partial charge in [0.25, 0.3) is 0 Å². The van der Waals surface area contributed by atoms with E-state index in [1.54, 1.807) is 6.92 Å². The highest BCUT2D eigenvalue weighted by atomic mass is 28.4. The summed E-state index contributed by atoms with van der Waals surface area (Å²) in [7, 11) is -1.72. The Morgan fingerprint density at radius 3 is 2.09 bits per heavy atom. The summed E-state index contributed by atoms with van der Waals surface area (Å²) in [5, 5.41) is 17.5. The standard InChI is InChI=1S/C7H15NO2Si/c1-7(5-8,6-9)10-11(2,3)4/h9H,6H2,1-4H3. The lowest BCUT2D eigenvalue weighted by atomic mass is 10.1. The molecule has 0 aliphatic carbocycles. The Bertz CT molecular complexity index is 170. The van der Waals surface area contributed by atoms with Crippen LogP contribution in [-0.2, 0) is 4.43 Å². The molecule has 1 N–H and O–H groups in total. The number of hydrogen-bond acceptors (Lipinski definition) is 3. The predicted octanol–water partition coefficient (Wildman–Crippen LogP) is 1.11. The molecule has 0 aromatic carbocycles. The van der Waals surface area contributed by atoms with E-state index in [4.69, 9.17) is 14.8 Å². The number of aliphatic hydroxyl groups excluding tert-OH is 1. The van der Waals surface area contributed by atoms with Crippen LogP contribution in [0.1, 0.15) is 6.92 Å². The monoisotopic (exact) mass is 173 g/mol. The third kappa shape index (κ3) is 4.14. The second-order valence-electron chi connectivity index (χ2n) is 3.72. The molecule has 3 nitrogen and oxygen atoms in total. The Morgan fingerprint density at radius 2 is 2.00 bits per heavy atom. The second kappa shape index (κ2) is 3.35. The van der Waals surface area contributed by atoms with E-state index in [2.05, 4.69) is 0 Å². The van der Waals surface area contributed by atoms with Gasteiger partial charge in [-0.15, -0.1) is 0 Å². The number of rotatable bonds is 3. The SMILES string of the molecule is CC(C#N)(CO)O[Si](C)(C)C. The van der Waals surface area contributed by atoms with Gasteiger partial charge in [0.1, 0.15) is 0 Å². The third-order valence-electron chi connectivity index (χ3n) is 1.07. The molecule has 1 atom stereocenters. The molecule has 0 radical (unpaired) electrons. The Kier molecular flexibility index (Phi) is 3.24. The van der Waals surface area contributed by atoms with Gasteiger partial charge in [-0.25, -0.2) is 0 Å². The molecule has 64 valence electrons. The van der Waals surface area contributed by atoms with Gasteiger partial charge in [-0.3, -0.25) is 0 Å². The first kappa shape index (κ1) is 10.6. The van der Waals surface area contributed by atoms with E-state index in [1.165, 1.54) is 0 Å². The summed E-state index contributed by atoms with van der Waals surface area (Å²) in [5.74, 6) is 0. The lowest BCUT2D eigenvalue weighted by Crippen LogP contribution is -2.42. The number of hydrogen-bond donors (Lipinski definition) is 1. The quantitative estimate of drug-likeness (QED) is 0.650.